The number of fused-ring (bicyclic) bond motifs is 1. The smallest absolute Gasteiger partial charge is 0.332 e. The number of aliphatic hydroxyl groups is 1. The summed E-state index contributed by atoms with van der Waals surface area (Å²) in [6.07, 6.45) is -1.54. The molecule has 0 spiro atoms. The molecule has 0 aliphatic rings. The highest BCUT2D eigenvalue weighted by Gasteiger charge is 2.24. The van der Waals surface area contributed by atoms with E-state index in [1.165, 1.54) is 44.6 Å². The number of nitro benzene ring substituents is 1. The Kier molecular flexibility index (Phi) is 6.30. The number of nitrogens with zero attached hydrogens (tertiary/aromatic N) is 3. The Bertz CT molecular complexity index is 1290. The van der Waals surface area contributed by atoms with E-state index in [0.29, 0.717) is 11.5 Å². The minimum atomic E-state index is -1.54. The van der Waals surface area contributed by atoms with Crippen molar-refractivity contribution in [1.29, 1.82) is 0 Å². The summed E-state index contributed by atoms with van der Waals surface area (Å²) in [5.74, 6) is 0.708. The van der Waals surface area contributed by atoms with Gasteiger partial charge in [-0.2, -0.15) is 5.10 Å². The van der Waals surface area contributed by atoms with Gasteiger partial charge in [0.25, 0.3) is 11.2 Å². The van der Waals surface area contributed by atoms with Crippen LogP contribution in [0.2, 0.25) is 0 Å². The zero-order valence-electron chi connectivity index (χ0n) is 16.9. The van der Waals surface area contributed by atoms with Crippen molar-refractivity contribution in [3.05, 3.63) is 68.1 Å². The highest BCUT2D eigenvalue weighted by atomic mass is 16.6. The van der Waals surface area contributed by atoms with Gasteiger partial charge in [-0.3, -0.25) is 14.9 Å². The number of methoxy groups -OCH3 is 2. The summed E-state index contributed by atoms with van der Waals surface area (Å²) < 4.78 is 10.4. The summed E-state index contributed by atoms with van der Waals surface area (Å²) in [5.41, 5.74) is 5.89. The average Bonchev–Trinajstić information content (AvgIpc) is 2.78. The van der Waals surface area contributed by atoms with Gasteiger partial charge in [-0.15, -0.1) is 0 Å². The van der Waals surface area contributed by atoms with Crippen LogP contribution in [0.4, 0.5) is 10.5 Å². The van der Waals surface area contributed by atoms with E-state index < -0.39 is 22.6 Å². The maximum Gasteiger partial charge on any atom is 0.332 e. The van der Waals surface area contributed by atoms with Gasteiger partial charge in [0, 0.05) is 12.1 Å². The third kappa shape index (κ3) is 4.46. The van der Waals surface area contributed by atoms with Gasteiger partial charge in [0.15, 0.2) is 17.2 Å². The topological polar surface area (TPSA) is 195 Å². The van der Waals surface area contributed by atoms with Crippen molar-refractivity contribution in [1.82, 2.24) is 15.4 Å². The molecule has 0 bridgehead atoms. The fourth-order valence-corrected chi connectivity index (χ4v) is 2.90. The van der Waals surface area contributed by atoms with Crippen LogP contribution in [0.25, 0.3) is 11.0 Å². The summed E-state index contributed by atoms with van der Waals surface area (Å²) in [4.78, 5) is 40.9. The molecule has 13 nitrogen and oxygen atoms in total. The van der Waals surface area contributed by atoms with Crippen LogP contribution in [-0.2, 0) is 0 Å². The Balaban J connectivity index is 2.14. The third-order valence-corrected chi connectivity index (χ3v) is 4.40. The Morgan fingerprint density at radius 1 is 1.25 bits per heavy atom. The molecule has 1 heterocycles. The SMILES string of the molecule is COc1ccc(C(O)/C(=N\NC(N)=O)c2nc3ccc([N+](=O)[O-])cc3[nH]c2=O)cc1OC. The molecule has 3 aromatic rings. The maximum atomic E-state index is 12.7. The largest absolute Gasteiger partial charge is 0.493 e. The number of urea groups is 1. The highest BCUT2D eigenvalue weighted by molar-refractivity contribution is 6.03. The van der Waals surface area contributed by atoms with E-state index >= 15 is 0 Å². The Morgan fingerprint density at radius 3 is 2.59 bits per heavy atom. The molecule has 3 rings (SSSR count). The lowest BCUT2D eigenvalue weighted by Crippen LogP contribution is -2.31. The maximum absolute atomic E-state index is 12.7. The number of nitrogens with two attached hydrogens (primary N) is 1. The standard InChI is InChI=1S/C19H18N6O7/c1-31-13-6-3-9(7-14(13)32-2)17(26)15(23-24-19(20)28)16-18(27)22-12-8-10(25(29)30)4-5-11(12)21-16/h3-8,17,26H,1-2H3,(H,22,27)(H3,20,24,28)/b23-15-. The van der Waals surface area contributed by atoms with Gasteiger partial charge in [0.1, 0.15) is 11.8 Å². The number of rotatable bonds is 7. The molecule has 2 aromatic carbocycles. The van der Waals surface area contributed by atoms with Gasteiger partial charge in [-0.1, -0.05) is 6.07 Å². The number of carbonyl (C=O) groups is 1. The molecule has 1 aromatic heterocycles. The van der Waals surface area contributed by atoms with E-state index in [1.807, 2.05) is 5.43 Å². The molecule has 2 amide bonds. The second kappa shape index (κ2) is 9.09. The normalized spacial score (nSPS) is 12.3. The number of nitrogens with one attached hydrogen (secondary N) is 2. The number of hydrazone groups is 1. The van der Waals surface area contributed by atoms with Gasteiger partial charge in [0.2, 0.25) is 0 Å². The number of ether oxygens (including phenoxy) is 2. The number of H-pyrrole nitrogens is 1. The number of aliphatic hydroxyl groups excluding tert-OH is 1. The first-order valence-corrected chi connectivity index (χ1v) is 8.97. The number of hydrogen-bond donors (Lipinski definition) is 4. The molecule has 0 aliphatic heterocycles. The molecular weight excluding hydrogens is 424 g/mol. The Morgan fingerprint density at radius 2 is 1.97 bits per heavy atom. The number of non-ortho nitro benzene ring substituents is 1. The summed E-state index contributed by atoms with van der Waals surface area (Å²) >= 11 is 0. The summed E-state index contributed by atoms with van der Waals surface area (Å²) in [5, 5.41) is 25.7. The molecular formula is C19H18N6O7. The molecule has 32 heavy (non-hydrogen) atoms. The van der Waals surface area contributed by atoms with Crippen LogP contribution in [0.3, 0.4) is 0 Å². The molecule has 0 radical (unpaired) electrons. The lowest BCUT2D eigenvalue weighted by atomic mass is 10.0. The number of aromatic nitrogens is 2. The van der Waals surface area contributed by atoms with Crippen molar-refractivity contribution in [2.24, 2.45) is 10.8 Å². The monoisotopic (exact) mass is 442 g/mol. The molecule has 0 saturated heterocycles. The molecule has 13 heteroatoms. The van der Waals surface area contributed by atoms with Gasteiger partial charge < -0.3 is 25.3 Å². The number of aromatic amines is 1. The summed E-state index contributed by atoms with van der Waals surface area (Å²) in [7, 11) is 2.85. The van der Waals surface area contributed by atoms with Gasteiger partial charge in [-0.25, -0.2) is 15.2 Å². The number of nitro groups is 1. The fraction of sp³-hybridized carbons (Fsp3) is 0.158. The van der Waals surface area contributed by atoms with Crippen LogP contribution in [-0.4, -0.2) is 46.0 Å². The van der Waals surface area contributed by atoms with Crippen LogP contribution < -0.4 is 26.2 Å². The van der Waals surface area contributed by atoms with Crippen LogP contribution >= 0.6 is 0 Å². The lowest BCUT2D eigenvalue weighted by molar-refractivity contribution is -0.384. The van der Waals surface area contributed by atoms with Crippen molar-refractivity contribution in [3.63, 3.8) is 0 Å². The first kappa shape index (κ1) is 22.2. The number of hydrogen-bond acceptors (Lipinski definition) is 9. The lowest BCUT2D eigenvalue weighted by Gasteiger charge is -2.16. The van der Waals surface area contributed by atoms with E-state index in [2.05, 4.69) is 15.1 Å². The molecule has 0 fully saturated rings. The van der Waals surface area contributed by atoms with Gasteiger partial charge in [0.05, 0.1) is 30.2 Å². The van der Waals surface area contributed by atoms with E-state index in [0.717, 1.165) is 6.07 Å². The van der Waals surface area contributed by atoms with Crippen LogP contribution in [0.15, 0.2) is 46.3 Å². The minimum absolute atomic E-state index is 0.107. The van der Waals surface area contributed by atoms with Gasteiger partial charge in [-0.05, 0) is 23.8 Å². The first-order chi connectivity index (χ1) is 15.2. The zero-order valence-corrected chi connectivity index (χ0v) is 16.9. The molecule has 166 valence electrons. The second-order valence-corrected chi connectivity index (χ2v) is 6.36. The van der Waals surface area contributed by atoms with Crippen LogP contribution in [0.5, 0.6) is 11.5 Å². The number of carbonyl (C=O) groups excluding carboxylic acids is 1. The van der Waals surface area contributed by atoms with E-state index in [1.54, 1.807) is 0 Å². The first-order valence-electron chi connectivity index (χ1n) is 8.97. The third-order valence-electron chi connectivity index (χ3n) is 4.40. The number of benzene rings is 2. The number of amides is 2. The Hall–Kier alpha value is -4.52. The van der Waals surface area contributed by atoms with Crippen molar-refractivity contribution in [2.75, 3.05) is 14.2 Å². The quantitative estimate of drug-likeness (QED) is 0.236. The molecule has 1 atom stereocenters. The predicted molar refractivity (Wildman–Crippen MR) is 113 cm³/mol. The predicted octanol–water partition coefficient (Wildman–Crippen LogP) is 0.954. The van der Waals surface area contributed by atoms with E-state index in [9.17, 15) is 24.8 Å². The molecule has 5 N–H and O–H groups in total. The zero-order chi connectivity index (χ0) is 23.4. The number of primary amides is 1. The summed E-state index contributed by atoms with van der Waals surface area (Å²) in [6, 6.07) is 7.15. The van der Waals surface area contributed by atoms with Gasteiger partial charge >= 0.3 is 6.03 Å². The van der Waals surface area contributed by atoms with Crippen molar-refractivity contribution in [2.45, 2.75) is 6.10 Å². The second-order valence-electron chi connectivity index (χ2n) is 6.36. The molecule has 0 saturated carbocycles. The molecule has 0 aliphatic carbocycles. The molecule has 1 unspecified atom stereocenters. The van der Waals surface area contributed by atoms with Crippen molar-refractivity contribution < 1.29 is 24.3 Å². The van der Waals surface area contributed by atoms with E-state index in [-0.39, 0.29) is 33.7 Å². The van der Waals surface area contributed by atoms with Crippen LogP contribution in [0.1, 0.15) is 17.4 Å². The minimum Gasteiger partial charge on any atom is -0.493 e. The average molecular weight is 442 g/mol. The van der Waals surface area contributed by atoms with E-state index in [4.69, 9.17) is 15.2 Å². The van der Waals surface area contributed by atoms with Crippen molar-refractivity contribution >= 4 is 28.5 Å². The highest BCUT2D eigenvalue weighted by Crippen LogP contribution is 2.31. The van der Waals surface area contributed by atoms with Crippen LogP contribution in [0, 0.1) is 10.1 Å². The Labute approximate surface area is 179 Å². The fourth-order valence-electron chi connectivity index (χ4n) is 2.90. The van der Waals surface area contributed by atoms with Crippen molar-refractivity contribution in [3.8, 4) is 11.5 Å². The summed E-state index contributed by atoms with van der Waals surface area (Å²) in [6.45, 7) is 0.